The number of pyridine rings is 1. The van der Waals surface area contributed by atoms with E-state index in [2.05, 4.69) is 14.7 Å². The summed E-state index contributed by atoms with van der Waals surface area (Å²) in [4.78, 5) is 25.1. The smallest absolute Gasteiger partial charge is 0.300 e. The van der Waals surface area contributed by atoms with Gasteiger partial charge < -0.3 is 18.9 Å². The molecule has 28 heavy (non-hydrogen) atoms. The first kappa shape index (κ1) is 18.4. The normalized spacial score (nSPS) is 15.6. The lowest BCUT2D eigenvalue weighted by Gasteiger charge is -2.33. The van der Waals surface area contributed by atoms with Gasteiger partial charge in [-0.05, 0) is 29.8 Å². The molecule has 0 saturated carbocycles. The first-order valence-corrected chi connectivity index (χ1v) is 10.6. The average molecular weight is 399 g/mol. The molecule has 2 aromatic heterocycles. The molecule has 9 heteroatoms. The Morgan fingerprint density at radius 2 is 1.93 bits per heavy atom. The number of oxazole rings is 1. The summed E-state index contributed by atoms with van der Waals surface area (Å²) >= 11 is 0. The molecule has 1 amide bonds. The number of piperazine rings is 1. The van der Waals surface area contributed by atoms with Crippen LogP contribution in [0.2, 0.25) is 0 Å². The lowest BCUT2D eigenvalue weighted by Crippen LogP contribution is -2.49. The second-order valence-electron chi connectivity index (χ2n) is 6.62. The van der Waals surface area contributed by atoms with E-state index < -0.39 is 11.0 Å². The molecule has 1 aliphatic rings. The summed E-state index contributed by atoms with van der Waals surface area (Å²) in [5, 5.41) is 0. The molecular formula is C19H21N5O3S. The van der Waals surface area contributed by atoms with Crippen molar-refractivity contribution in [3.63, 3.8) is 0 Å². The molecule has 0 radical (unpaired) electrons. The predicted molar refractivity (Wildman–Crippen MR) is 108 cm³/mol. The summed E-state index contributed by atoms with van der Waals surface area (Å²) in [6, 6.07) is 11.7. The highest BCUT2D eigenvalue weighted by Gasteiger charge is 2.24. The maximum atomic E-state index is 12.6. The van der Waals surface area contributed by atoms with Crippen LogP contribution in [0.5, 0.6) is 0 Å². The topological polar surface area (TPSA) is 91.6 Å². The van der Waals surface area contributed by atoms with Crippen LogP contribution in [-0.4, -0.2) is 57.4 Å². The van der Waals surface area contributed by atoms with E-state index in [1.54, 1.807) is 12.5 Å². The van der Waals surface area contributed by atoms with Crippen LogP contribution < -0.4 is 9.62 Å². The fraction of sp³-hybridized carbons (Fsp3) is 0.316. The minimum Gasteiger partial charge on any atom is -0.422 e. The standard InChI is InChI=1S/C19H21N5O3S/c1-28(26)22-15-6-4-14(5-7-15)13-17(25)23-9-11-24(12-10-23)19-21-18-16(27-19)3-2-8-20-18/h2-8,22H,9-13H2,1H3. The van der Waals surface area contributed by atoms with Crippen molar-refractivity contribution in [3.05, 3.63) is 48.2 Å². The third-order valence-electron chi connectivity index (χ3n) is 4.63. The van der Waals surface area contributed by atoms with E-state index in [1.807, 2.05) is 46.2 Å². The van der Waals surface area contributed by atoms with Gasteiger partial charge in [0.1, 0.15) is 11.0 Å². The van der Waals surface area contributed by atoms with Crippen LogP contribution >= 0.6 is 0 Å². The molecule has 1 atom stereocenters. The van der Waals surface area contributed by atoms with Crippen LogP contribution in [0.3, 0.4) is 0 Å². The van der Waals surface area contributed by atoms with Crippen molar-refractivity contribution >= 4 is 39.8 Å². The molecule has 1 fully saturated rings. The van der Waals surface area contributed by atoms with E-state index in [9.17, 15) is 9.00 Å². The number of anilines is 2. The summed E-state index contributed by atoms with van der Waals surface area (Å²) in [5.41, 5.74) is 2.98. The van der Waals surface area contributed by atoms with Crippen LogP contribution in [0.25, 0.3) is 11.2 Å². The second kappa shape index (κ2) is 7.97. The van der Waals surface area contributed by atoms with Gasteiger partial charge in [0.15, 0.2) is 5.58 Å². The third kappa shape index (κ3) is 4.14. The van der Waals surface area contributed by atoms with E-state index in [4.69, 9.17) is 4.42 Å². The Balaban J connectivity index is 1.33. The number of fused-ring (bicyclic) bond motifs is 1. The molecule has 3 aromatic rings. The van der Waals surface area contributed by atoms with Gasteiger partial charge in [0.25, 0.3) is 6.01 Å². The van der Waals surface area contributed by atoms with Gasteiger partial charge in [-0.15, -0.1) is 0 Å². The lowest BCUT2D eigenvalue weighted by atomic mass is 10.1. The van der Waals surface area contributed by atoms with E-state index in [1.165, 1.54) is 0 Å². The van der Waals surface area contributed by atoms with Gasteiger partial charge >= 0.3 is 0 Å². The Morgan fingerprint density at radius 1 is 1.18 bits per heavy atom. The highest BCUT2D eigenvalue weighted by molar-refractivity contribution is 7.85. The van der Waals surface area contributed by atoms with Gasteiger partial charge in [0.2, 0.25) is 11.6 Å². The molecule has 0 spiro atoms. The first-order valence-electron chi connectivity index (χ1n) is 9.02. The van der Waals surface area contributed by atoms with Crippen molar-refractivity contribution in [1.29, 1.82) is 0 Å². The zero-order valence-electron chi connectivity index (χ0n) is 15.5. The Kier molecular flexibility index (Phi) is 5.25. The molecule has 8 nitrogen and oxygen atoms in total. The Labute approximate surface area is 165 Å². The van der Waals surface area contributed by atoms with Gasteiger partial charge in [-0.2, -0.15) is 4.98 Å². The number of hydrogen-bond acceptors (Lipinski definition) is 6. The van der Waals surface area contributed by atoms with Crippen molar-refractivity contribution in [1.82, 2.24) is 14.9 Å². The van der Waals surface area contributed by atoms with Crippen molar-refractivity contribution < 1.29 is 13.4 Å². The summed E-state index contributed by atoms with van der Waals surface area (Å²) in [6.45, 7) is 2.59. The van der Waals surface area contributed by atoms with Crippen molar-refractivity contribution in [2.45, 2.75) is 6.42 Å². The van der Waals surface area contributed by atoms with Crippen LogP contribution in [0.1, 0.15) is 5.56 Å². The quantitative estimate of drug-likeness (QED) is 0.704. The van der Waals surface area contributed by atoms with Crippen molar-refractivity contribution in [3.8, 4) is 0 Å². The monoisotopic (exact) mass is 399 g/mol. The zero-order valence-corrected chi connectivity index (χ0v) is 16.3. The molecule has 1 saturated heterocycles. The van der Waals surface area contributed by atoms with Gasteiger partial charge in [0, 0.05) is 44.3 Å². The number of carbonyl (C=O) groups is 1. The third-order valence-corrected chi connectivity index (χ3v) is 5.15. The summed E-state index contributed by atoms with van der Waals surface area (Å²) in [5.74, 6) is 0.0960. The number of nitrogens with one attached hydrogen (secondary N) is 1. The van der Waals surface area contributed by atoms with E-state index in [0.29, 0.717) is 49.8 Å². The van der Waals surface area contributed by atoms with Gasteiger partial charge in [-0.1, -0.05) is 12.1 Å². The Morgan fingerprint density at radius 3 is 2.61 bits per heavy atom. The SMILES string of the molecule is CS(=O)Nc1ccc(CC(=O)N2CCN(c3nc4ncccc4o3)CC2)cc1. The van der Waals surface area contributed by atoms with Gasteiger partial charge in [0.05, 0.1) is 6.42 Å². The molecule has 4 rings (SSSR count). The summed E-state index contributed by atoms with van der Waals surface area (Å²) in [6.07, 6.45) is 3.62. The van der Waals surface area contributed by atoms with E-state index in [-0.39, 0.29) is 5.91 Å². The van der Waals surface area contributed by atoms with Gasteiger partial charge in [-0.3, -0.25) is 4.79 Å². The number of amides is 1. The average Bonchev–Trinajstić information content (AvgIpc) is 3.13. The molecular weight excluding hydrogens is 378 g/mol. The second-order valence-corrected chi connectivity index (χ2v) is 7.73. The van der Waals surface area contributed by atoms with Crippen molar-refractivity contribution in [2.75, 3.05) is 42.1 Å². The van der Waals surface area contributed by atoms with Crippen LogP contribution in [0.15, 0.2) is 47.0 Å². The molecule has 0 aliphatic carbocycles. The number of rotatable bonds is 5. The zero-order chi connectivity index (χ0) is 19.5. The lowest BCUT2D eigenvalue weighted by molar-refractivity contribution is -0.130. The minimum absolute atomic E-state index is 0.0960. The number of nitrogens with zero attached hydrogens (tertiary/aromatic N) is 4. The fourth-order valence-corrected chi connectivity index (χ4v) is 3.65. The predicted octanol–water partition coefficient (Wildman–Crippen LogP) is 1.82. The maximum absolute atomic E-state index is 12.6. The number of aromatic nitrogens is 2. The largest absolute Gasteiger partial charge is 0.422 e. The van der Waals surface area contributed by atoms with Gasteiger partial charge in [-0.25, -0.2) is 9.19 Å². The highest BCUT2D eigenvalue weighted by Crippen LogP contribution is 2.21. The fourth-order valence-electron chi connectivity index (χ4n) is 3.18. The van der Waals surface area contributed by atoms with Crippen LogP contribution in [0.4, 0.5) is 11.7 Å². The van der Waals surface area contributed by atoms with E-state index >= 15 is 0 Å². The molecule has 0 bridgehead atoms. The summed E-state index contributed by atoms with van der Waals surface area (Å²) < 4.78 is 19.8. The minimum atomic E-state index is -1.11. The molecule has 1 N–H and O–H groups in total. The number of hydrogen-bond donors (Lipinski definition) is 1. The molecule has 1 aliphatic heterocycles. The Hall–Kier alpha value is -2.94. The molecule has 1 aromatic carbocycles. The molecule has 1 unspecified atom stereocenters. The Bertz CT molecular complexity index is 963. The first-order chi connectivity index (χ1) is 13.6. The van der Waals surface area contributed by atoms with Crippen LogP contribution in [-0.2, 0) is 22.2 Å². The molecule has 146 valence electrons. The van der Waals surface area contributed by atoms with Crippen LogP contribution in [0, 0.1) is 0 Å². The summed E-state index contributed by atoms with van der Waals surface area (Å²) in [7, 11) is -1.11. The van der Waals surface area contributed by atoms with Crippen molar-refractivity contribution in [2.24, 2.45) is 0 Å². The van der Waals surface area contributed by atoms with E-state index in [0.717, 1.165) is 11.3 Å². The highest BCUT2D eigenvalue weighted by atomic mass is 32.2. The maximum Gasteiger partial charge on any atom is 0.300 e. The number of carbonyl (C=O) groups excluding carboxylic acids is 1. The number of benzene rings is 1. The molecule has 3 heterocycles.